The molecule has 1 saturated carbocycles. The number of aryl methyl sites for hydroxylation is 1. The number of piperazine rings is 1. The number of rotatable bonds is 2. The van der Waals surface area contributed by atoms with Crippen LogP contribution in [-0.2, 0) is 11.8 Å². The molecule has 0 radical (unpaired) electrons. The lowest BCUT2D eigenvalue weighted by molar-refractivity contribution is -0.136. The zero-order valence-corrected chi connectivity index (χ0v) is 15.1. The van der Waals surface area contributed by atoms with Gasteiger partial charge in [-0.15, -0.1) is 0 Å². The summed E-state index contributed by atoms with van der Waals surface area (Å²) in [5.74, 6) is 0.554. The van der Waals surface area contributed by atoms with Gasteiger partial charge in [-0.3, -0.25) is 9.59 Å². The van der Waals surface area contributed by atoms with E-state index in [0.29, 0.717) is 10.4 Å². The third kappa shape index (κ3) is 3.44. The van der Waals surface area contributed by atoms with E-state index in [0.717, 1.165) is 44.7 Å². The molecule has 0 atom stereocenters. The minimum Gasteiger partial charge on any atom is -0.366 e. The van der Waals surface area contributed by atoms with E-state index in [1.807, 2.05) is 4.90 Å². The third-order valence-electron chi connectivity index (χ3n) is 4.95. The van der Waals surface area contributed by atoms with Gasteiger partial charge in [-0.25, -0.2) is 4.68 Å². The number of hydrogen-bond acceptors (Lipinski definition) is 4. The van der Waals surface area contributed by atoms with Gasteiger partial charge in [0.05, 0.1) is 11.9 Å². The van der Waals surface area contributed by atoms with Crippen molar-refractivity contribution in [1.82, 2.24) is 14.7 Å². The first kappa shape index (κ1) is 16.5. The van der Waals surface area contributed by atoms with Crippen LogP contribution in [0.3, 0.4) is 0 Å². The van der Waals surface area contributed by atoms with Crippen LogP contribution in [0.1, 0.15) is 32.1 Å². The summed E-state index contributed by atoms with van der Waals surface area (Å²) in [4.78, 5) is 28.7. The topological polar surface area (TPSA) is 58.4 Å². The molecule has 0 N–H and O–H groups in total. The molecule has 7 heteroatoms. The fourth-order valence-corrected chi connectivity index (χ4v) is 4.11. The van der Waals surface area contributed by atoms with Crippen LogP contribution in [0.2, 0.25) is 0 Å². The van der Waals surface area contributed by atoms with Crippen LogP contribution >= 0.6 is 15.9 Å². The Bertz CT molecular complexity index is 631. The van der Waals surface area contributed by atoms with Crippen molar-refractivity contribution in [3.8, 4) is 0 Å². The van der Waals surface area contributed by atoms with Gasteiger partial charge in [0.2, 0.25) is 5.91 Å². The van der Waals surface area contributed by atoms with Crippen LogP contribution in [0.5, 0.6) is 0 Å². The lowest BCUT2D eigenvalue weighted by Gasteiger charge is -2.38. The maximum atomic E-state index is 12.6. The number of carbonyl (C=O) groups excluding carboxylic acids is 1. The molecule has 23 heavy (non-hydrogen) atoms. The monoisotopic (exact) mass is 382 g/mol. The molecular formula is C16H23BrN4O2. The van der Waals surface area contributed by atoms with Crippen molar-refractivity contribution in [3.63, 3.8) is 0 Å². The Hall–Kier alpha value is -1.37. The summed E-state index contributed by atoms with van der Waals surface area (Å²) in [6.45, 7) is 2.92. The molecule has 0 bridgehead atoms. The number of nitrogens with zero attached hydrogens (tertiary/aromatic N) is 4. The standard InChI is InChI=1S/C16H23BrN4O2/c1-19-16(23)14(17)13(11-18-19)20-7-9-21(10-8-20)15(22)12-5-3-2-4-6-12/h11-12H,2-10H2,1H3. The summed E-state index contributed by atoms with van der Waals surface area (Å²) >= 11 is 3.38. The summed E-state index contributed by atoms with van der Waals surface area (Å²) in [5.41, 5.74) is 0.682. The zero-order valence-electron chi connectivity index (χ0n) is 13.5. The SMILES string of the molecule is Cn1ncc(N2CCN(C(=O)C3CCCCC3)CC2)c(Br)c1=O. The fraction of sp³-hybridized carbons (Fsp3) is 0.688. The first-order chi connectivity index (χ1) is 11.1. The highest BCUT2D eigenvalue weighted by molar-refractivity contribution is 9.10. The quantitative estimate of drug-likeness (QED) is 0.781. The minimum absolute atomic E-state index is 0.136. The molecule has 1 aromatic rings. The Morgan fingerprint density at radius 3 is 2.48 bits per heavy atom. The van der Waals surface area contributed by atoms with Crippen molar-refractivity contribution >= 4 is 27.5 Å². The first-order valence-corrected chi connectivity index (χ1v) is 9.13. The smallest absolute Gasteiger partial charge is 0.282 e. The van der Waals surface area contributed by atoms with Crippen molar-refractivity contribution in [3.05, 3.63) is 21.0 Å². The fourth-order valence-electron chi connectivity index (χ4n) is 3.50. The summed E-state index contributed by atoms with van der Waals surface area (Å²) in [6, 6.07) is 0. The minimum atomic E-state index is -0.136. The summed E-state index contributed by atoms with van der Waals surface area (Å²) in [5, 5.41) is 4.09. The predicted octanol–water partition coefficient (Wildman–Crippen LogP) is 1.77. The van der Waals surface area contributed by atoms with Crippen molar-refractivity contribution < 1.29 is 4.79 Å². The predicted molar refractivity (Wildman–Crippen MR) is 92.5 cm³/mol. The maximum Gasteiger partial charge on any atom is 0.282 e. The van der Waals surface area contributed by atoms with Crippen molar-refractivity contribution in [2.24, 2.45) is 13.0 Å². The summed E-state index contributed by atoms with van der Waals surface area (Å²) in [7, 11) is 1.64. The molecule has 3 rings (SSSR count). The Morgan fingerprint density at radius 2 is 1.83 bits per heavy atom. The average molecular weight is 383 g/mol. The number of amides is 1. The second-order valence-electron chi connectivity index (χ2n) is 6.42. The van der Waals surface area contributed by atoms with Crippen molar-refractivity contribution in [1.29, 1.82) is 0 Å². The molecule has 1 saturated heterocycles. The number of carbonyl (C=O) groups is 1. The van der Waals surface area contributed by atoms with Gasteiger partial charge in [0.15, 0.2) is 0 Å². The van der Waals surface area contributed by atoms with Gasteiger partial charge in [0.1, 0.15) is 4.47 Å². The molecule has 0 spiro atoms. The van der Waals surface area contributed by atoms with E-state index in [1.165, 1.54) is 23.9 Å². The lowest BCUT2D eigenvalue weighted by Crippen LogP contribution is -2.51. The van der Waals surface area contributed by atoms with Crippen LogP contribution in [0.4, 0.5) is 5.69 Å². The van der Waals surface area contributed by atoms with Crippen LogP contribution in [0.25, 0.3) is 0 Å². The molecule has 126 valence electrons. The lowest BCUT2D eigenvalue weighted by atomic mass is 9.88. The molecule has 6 nitrogen and oxygen atoms in total. The van der Waals surface area contributed by atoms with E-state index in [1.54, 1.807) is 13.2 Å². The van der Waals surface area contributed by atoms with Gasteiger partial charge in [-0.05, 0) is 28.8 Å². The summed E-state index contributed by atoms with van der Waals surface area (Å²) in [6.07, 6.45) is 7.43. The molecule has 1 aromatic heterocycles. The zero-order chi connectivity index (χ0) is 16.4. The molecule has 2 heterocycles. The van der Waals surface area contributed by atoms with Crippen LogP contribution in [0.15, 0.2) is 15.5 Å². The van der Waals surface area contributed by atoms with Gasteiger partial charge < -0.3 is 9.80 Å². The largest absolute Gasteiger partial charge is 0.366 e. The Morgan fingerprint density at radius 1 is 1.17 bits per heavy atom. The van der Waals surface area contributed by atoms with E-state index >= 15 is 0 Å². The van der Waals surface area contributed by atoms with Gasteiger partial charge in [-0.2, -0.15) is 5.10 Å². The van der Waals surface area contributed by atoms with E-state index in [9.17, 15) is 9.59 Å². The highest BCUT2D eigenvalue weighted by Crippen LogP contribution is 2.27. The molecule has 1 aliphatic heterocycles. The number of aromatic nitrogens is 2. The summed E-state index contributed by atoms with van der Waals surface area (Å²) < 4.78 is 1.86. The highest BCUT2D eigenvalue weighted by atomic mass is 79.9. The molecular weight excluding hydrogens is 360 g/mol. The molecule has 2 aliphatic rings. The first-order valence-electron chi connectivity index (χ1n) is 8.33. The van der Waals surface area contributed by atoms with Crippen LogP contribution in [-0.4, -0.2) is 46.8 Å². The van der Waals surface area contributed by atoms with E-state index in [-0.39, 0.29) is 11.5 Å². The molecule has 0 aromatic carbocycles. The molecule has 1 amide bonds. The van der Waals surface area contributed by atoms with Crippen molar-refractivity contribution in [2.75, 3.05) is 31.1 Å². The van der Waals surface area contributed by atoms with Crippen LogP contribution in [0, 0.1) is 5.92 Å². The van der Waals surface area contributed by atoms with Gasteiger partial charge >= 0.3 is 0 Å². The van der Waals surface area contributed by atoms with Gasteiger partial charge in [-0.1, -0.05) is 19.3 Å². The number of halogens is 1. The molecule has 1 aliphatic carbocycles. The Balaban J connectivity index is 1.63. The highest BCUT2D eigenvalue weighted by Gasteiger charge is 2.29. The second-order valence-corrected chi connectivity index (χ2v) is 7.21. The number of anilines is 1. The Labute approximate surface area is 144 Å². The molecule has 2 fully saturated rings. The Kier molecular flexibility index (Phi) is 5.04. The van der Waals surface area contributed by atoms with E-state index in [4.69, 9.17) is 0 Å². The van der Waals surface area contributed by atoms with E-state index in [2.05, 4.69) is 25.9 Å². The molecule has 0 unspecified atom stereocenters. The van der Waals surface area contributed by atoms with Crippen molar-refractivity contribution in [2.45, 2.75) is 32.1 Å². The van der Waals surface area contributed by atoms with Gasteiger partial charge in [0, 0.05) is 39.1 Å². The normalized spacial score (nSPS) is 19.9. The maximum absolute atomic E-state index is 12.6. The van der Waals surface area contributed by atoms with Gasteiger partial charge in [0.25, 0.3) is 5.56 Å². The second kappa shape index (κ2) is 7.03. The third-order valence-corrected chi connectivity index (χ3v) is 5.69. The number of hydrogen-bond donors (Lipinski definition) is 0. The average Bonchev–Trinajstić information content (AvgIpc) is 2.60. The van der Waals surface area contributed by atoms with Crippen LogP contribution < -0.4 is 10.5 Å². The van der Waals surface area contributed by atoms with E-state index < -0.39 is 0 Å².